The fourth-order valence-corrected chi connectivity index (χ4v) is 2.72. The number of likely N-dealkylation sites (N-methyl/N-ethyl adjacent to an activating group) is 1. The second-order valence-corrected chi connectivity index (χ2v) is 5.21. The molecule has 2 saturated heterocycles. The molecule has 0 bridgehead atoms. The van der Waals surface area contributed by atoms with Gasteiger partial charge in [-0.3, -0.25) is 9.59 Å². The number of ether oxygens (including phenoxy) is 1. The Kier molecular flexibility index (Phi) is 4.76. The zero-order chi connectivity index (χ0) is 13.8. The fourth-order valence-electron chi connectivity index (χ4n) is 2.72. The summed E-state index contributed by atoms with van der Waals surface area (Å²) in [5.41, 5.74) is 0. The van der Waals surface area contributed by atoms with Crippen molar-refractivity contribution in [3.8, 4) is 0 Å². The number of carbonyl (C=O) groups is 2. The number of nitrogens with one attached hydrogen (secondary N) is 2. The highest BCUT2D eigenvalue weighted by atomic mass is 16.5. The lowest BCUT2D eigenvalue weighted by atomic mass is 10.0. The Morgan fingerprint density at radius 2 is 2.26 bits per heavy atom. The van der Waals surface area contributed by atoms with Gasteiger partial charge in [0.15, 0.2) is 0 Å². The van der Waals surface area contributed by atoms with Gasteiger partial charge < -0.3 is 20.3 Å². The van der Waals surface area contributed by atoms with Crippen molar-refractivity contribution in [2.24, 2.45) is 5.92 Å². The molecule has 108 valence electrons. The van der Waals surface area contributed by atoms with E-state index in [2.05, 4.69) is 17.6 Å². The summed E-state index contributed by atoms with van der Waals surface area (Å²) >= 11 is 0. The van der Waals surface area contributed by atoms with E-state index in [1.165, 1.54) is 0 Å². The van der Waals surface area contributed by atoms with Crippen molar-refractivity contribution in [2.45, 2.75) is 32.4 Å². The molecule has 2 N–H and O–H groups in total. The molecule has 0 spiro atoms. The van der Waals surface area contributed by atoms with Crippen LogP contribution in [0.5, 0.6) is 0 Å². The highest BCUT2D eigenvalue weighted by Crippen LogP contribution is 2.19. The maximum Gasteiger partial charge on any atom is 0.245 e. The van der Waals surface area contributed by atoms with Gasteiger partial charge in [-0.25, -0.2) is 0 Å². The summed E-state index contributed by atoms with van der Waals surface area (Å²) in [5, 5.41) is 6.00. The van der Waals surface area contributed by atoms with Crippen LogP contribution in [0.1, 0.15) is 20.3 Å². The minimum atomic E-state index is -0.490. The van der Waals surface area contributed by atoms with E-state index in [9.17, 15) is 9.59 Å². The number of rotatable bonds is 3. The molecule has 2 rings (SSSR count). The van der Waals surface area contributed by atoms with Crippen molar-refractivity contribution < 1.29 is 14.3 Å². The van der Waals surface area contributed by atoms with Crippen LogP contribution in [0, 0.1) is 5.92 Å². The molecule has 0 radical (unpaired) electrons. The highest BCUT2D eigenvalue weighted by molar-refractivity contribution is 5.90. The normalized spacial score (nSPS) is 31.3. The molecule has 19 heavy (non-hydrogen) atoms. The molecule has 0 aliphatic carbocycles. The molecule has 2 amide bonds. The number of nitrogens with zero attached hydrogens (tertiary/aromatic N) is 1. The molecular weight excluding hydrogens is 246 g/mol. The summed E-state index contributed by atoms with van der Waals surface area (Å²) in [7, 11) is 0. The lowest BCUT2D eigenvalue weighted by molar-refractivity contribution is -0.150. The van der Waals surface area contributed by atoms with Crippen LogP contribution in [0.3, 0.4) is 0 Å². The van der Waals surface area contributed by atoms with Crippen molar-refractivity contribution in [3.63, 3.8) is 0 Å². The van der Waals surface area contributed by atoms with Gasteiger partial charge in [-0.15, -0.1) is 0 Å². The van der Waals surface area contributed by atoms with Crippen molar-refractivity contribution in [1.82, 2.24) is 15.5 Å². The van der Waals surface area contributed by atoms with Crippen molar-refractivity contribution in [2.75, 3.05) is 32.8 Å². The minimum Gasteiger partial charge on any atom is -0.377 e. The van der Waals surface area contributed by atoms with Gasteiger partial charge in [-0.05, 0) is 25.8 Å². The number of amides is 2. The third-order valence-corrected chi connectivity index (χ3v) is 3.86. The number of hydrogen-bond acceptors (Lipinski definition) is 4. The predicted octanol–water partition coefficient (Wildman–Crippen LogP) is -0.652. The Morgan fingerprint density at radius 1 is 1.47 bits per heavy atom. The first kappa shape index (κ1) is 14.3. The summed E-state index contributed by atoms with van der Waals surface area (Å²) in [6, 6.07) is -0.647. The predicted molar refractivity (Wildman–Crippen MR) is 70.6 cm³/mol. The fraction of sp³-hybridized carbons (Fsp3) is 0.846. The second kappa shape index (κ2) is 6.34. The molecule has 2 aliphatic rings. The van der Waals surface area contributed by atoms with Crippen LogP contribution in [-0.4, -0.2) is 61.6 Å². The number of carbonyl (C=O) groups excluding carboxylic acids is 2. The molecule has 2 heterocycles. The molecule has 6 nitrogen and oxygen atoms in total. The van der Waals surface area contributed by atoms with E-state index in [4.69, 9.17) is 4.74 Å². The molecule has 2 fully saturated rings. The third kappa shape index (κ3) is 3.06. The van der Waals surface area contributed by atoms with Gasteiger partial charge in [-0.1, -0.05) is 6.92 Å². The summed E-state index contributed by atoms with van der Waals surface area (Å²) < 4.78 is 5.34. The average Bonchev–Trinajstić information content (AvgIpc) is 2.84. The van der Waals surface area contributed by atoms with E-state index in [1.807, 2.05) is 6.92 Å². The first-order chi connectivity index (χ1) is 9.15. The Morgan fingerprint density at radius 3 is 2.89 bits per heavy atom. The summed E-state index contributed by atoms with van der Waals surface area (Å²) in [5.74, 6) is 0.232. The molecule has 0 aromatic rings. The van der Waals surface area contributed by atoms with Gasteiger partial charge in [0, 0.05) is 13.1 Å². The Hall–Kier alpha value is -1.14. The van der Waals surface area contributed by atoms with Gasteiger partial charge in [-0.2, -0.15) is 0 Å². The second-order valence-electron chi connectivity index (χ2n) is 5.21. The van der Waals surface area contributed by atoms with Crippen LogP contribution < -0.4 is 10.6 Å². The first-order valence-electron chi connectivity index (χ1n) is 7.04. The topological polar surface area (TPSA) is 70.7 Å². The van der Waals surface area contributed by atoms with Crippen molar-refractivity contribution in [1.29, 1.82) is 0 Å². The quantitative estimate of drug-likeness (QED) is 0.714. The van der Waals surface area contributed by atoms with E-state index in [0.29, 0.717) is 32.2 Å². The maximum atomic E-state index is 12.6. The number of hydrogen-bond donors (Lipinski definition) is 2. The van der Waals surface area contributed by atoms with Gasteiger partial charge in [0.2, 0.25) is 11.8 Å². The first-order valence-corrected chi connectivity index (χ1v) is 7.04. The van der Waals surface area contributed by atoms with E-state index >= 15 is 0 Å². The molecule has 0 aromatic heterocycles. The molecule has 3 unspecified atom stereocenters. The standard InChI is InChI=1S/C13H23N3O3/c1-3-14-12(17)10-8-19-7-6-16(10)13(18)11-9(2)4-5-15-11/h9-11,15H,3-8H2,1-2H3,(H,14,17). The third-order valence-electron chi connectivity index (χ3n) is 3.86. The largest absolute Gasteiger partial charge is 0.377 e. The van der Waals surface area contributed by atoms with Crippen LogP contribution in [0.15, 0.2) is 0 Å². The Bertz CT molecular complexity index is 348. The lowest BCUT2D eigenvalue weighted by Crippen LogP contribution is -2.59. The lowest BCUT2D eigenvalue weighted by Gasteiger charge is -2.36. The van der Waals surface area contributed by atoms with Gasteiger partial charge in [0.05, 0.1) is 19.3 Å². The van der Waals surface area contributed by atoms with E-state index in [-0.39, 0.29) is 17.9 Å². The summed E-state index contributed by atoms with van der Waals surface area (Å²) in [6.45, 7) is 6.66. The van der Waals surface area contributed by atoms with Gasteiger partial charge >= 0.3 is 0 Å². The van der Waals surface area contributed by atoms with Crippen LogP contribution in [0.25, 0.3) is 0 Å². The summed E-state index contributed by atoms with van der Waals surface area (Å²) in [4.78, 5) is 26.2. The van der Waals surface area contributed by atoms with E-state index in [0.717, 1.165) is 13.0 Å². The molecule has 2 aliphatic heterocycles. The molecule has 6 heteroatoms. The van der Waals surface area contributed by atoms with Gasteiger partial charge in [0.1, 0.15) is 6.04 Å². The monoisotopic (exact) mass is 269 g/mol. The van der Waals surface area contributed by atoms with Crippen LogP contribution in [-0.2, 0) is 14.3 Å². The molecule has 3 atom stereocenters. The minimum absolute atomic E-state index is 0.0320. The Labute approximate surface area is 113 Å². The average molecular weight is 269 g/mol. The number of morpholine rings is 1. The van der Waals surface area contributed by atoms with Crippen LogP contribution in [0.2, 0.25) is 0 Å². The summed E-state index contributed by atoms with van der Waals surface area (Å²) in [6.07, 6.45) is 1.01. The van der Waals surface area contributed by atoms with Gasteiger partial charge in [0.25, 0.3) is 0 Å². The molecule has 0 aromatic carbocycles. The van der Waals surface area contributed by atoms with E-state index < -0.39 is 6.04 Å². The highest BCUT2D eigenvalue weighted by Gasteiger charge is 2.39. The van der Waals surface area contributed by atoms with Crippen molar-refractivity contribution in [3.05, 3.63) is 0 Å². The smallest absolute Gasteiger partial charge is 0.245 e. The van der Waals surface area contributed by atoms with Crippen LogP contribution >= 0.6 is 0 Å². The molecular formula is C13H23N3O3. The maximum absolute atomic E-state index is 12.6. The zero-order valence-corrected chi connectivity index (χ0v) is 11.6. The zero-order valence-electron chi connectivity index (χ0n) is 11.6. The van der Waals surface area contributed by atoms with Crippen molar-refractivity contribution >= 4 is 11.8 Å². The Balaban J connectivity index is 2.06. The SMILES string of the molecule is CCNC(=O)C1COCCN1C(=O)C1NCCC1C. The van der Waals surface area contributed by atoms with Crippen LogP contribution in [0.4, 0.5) is 0 Å². The molecule has 0 saturated carbocycles. The van der Waals surface area contributed by atoms with E-state index in [1.54, 1.807) is 4.90 Å².